The summed E-state index contributed by atoms with van der Waals surface area (Å²) < 4.78 is 0. The Hall–Kier alpha value is -2.37. The van der Waals surface area contributed by atoms with Crippen molar-refractivity contribution < 1.29 is 9.59 Å². The van der Waals surface area contributed by atoms with E-state index in [1.54, 1.807) is 19.2 Å². The highest BCUT2D eigenvalue weighted by Gasteiger charge is 2.08. The van der Waals surface area contributed by atoms with Gasteiger partial charge in [-0.15, -0.1) is 0 Å². The maximum absolute atomic E-state index is 12.0. The van der Waals surface area contributed by atoms with Crippen LogP contribution in [0.2, 0.25) is 5.02 Å². The lowest BCUT2D eigenvalue weighted by atomic mass is 10.1. The molecular weight excluding hydrogens is 350 g/mol. The Morgan fingerprint density at radius 3 is 2.23 bits per heavy atom. The van der Waals surface area contributed by atoms with Crippen molar-refractivity contribution in [2.24, 2.45) is 0 Å². The highest BCUT2D eigenvalue weighted by Crippen LogP contribution is 2.09. The van der Waals surface area contributed by atoms with E-state index in [0.29, 0.717) is 30.2 Å². The Morgan fingerprint density at radius 1 is 1.00 bits per heavy atom. The third-order valence-corrected chi connectivity index (χ3v) is 4.21. The van der Waals surface area contributed by atoms with Gasteiger partial charge in [0.2, 0.25) is 5.91 Å². The molecule has 0 saturated carbocycles. The standard InChI is InChI=1S/C20H24ClN3O2/c1-22-20(26)17-7-3-16(4-8-17)13-24(2)14-19(25)23-12-11-15-5-9-18(21)10-6-15/h3-10H,11-14H2,1-2H3,(H,22,26)(H,23,25). The number of rotatable bonds is 8. The Morgan fingerprint density at radius 2 is 1.62 bits per heavy atom. The summed E-state index contributed by atoms with van der Waals surface area (Å²) in [6.07, 6.45) is 0.771. The summed E-state index contributed by atoms with van der Waals surface area (Å²) in [6.45, 7) is 1.55. The van der Waals surface area contributed by atoms with E-state index < -0.39 is 0 Å². The van der Waals surface area contributed by atoms with Crippen LogP contribution in [-0.2, 0) is 17.8 Å². The molecule has 0 fully saturated rings. The van der Waals surface area contributed by atoms with E-state index in [1.807, 2.05) is 48.3 Å². The fourth-order valence-corrected chi connectivity index (χ4v) is 2.70. The fraction of sp³-hybridized carbons (Fsp3) is 0.300. The number of halogens is 1. The number of nitrogens with one attached hydrogen (secondary N) is 2. The van der Waals surface area contributed by atoms with Crippen molar-refractivity contribution in [3.63, 3.8) is 0 Å². The minimum atomic E-state index is -0.107. The van der Waals surface area contributed by atoms with E-state index in [0.717, 1.165) is 17.5 Å². The summed E-state index contributed by atoms with van der Waals surface area (Å²) in [4.78, 5) is 25.5. The molecular formula is C20H24ClN3O2. The van der Waals surface area contributed by atoms with Crippen LogP contribution in [0.4, 0.5) is 0 Å². The summed E-state index contributed by atoms with van der Waals surface area (Å²) in [5, 5.41) is 6.23. The maximum atomic E-state index is 12.0. The predicted molar refractivity (Wildman–Crippen MR) is 104 cm³/mol. The Bertz CT molecular complexity index is 730. The largest absolute Gasteiger partial charge is 0.355 e. The average molecular weight is 374 g/mol. The second kappa shape index (κ2) is 9.94. The maximum Gasteiger partial charge on any atom is 0.251 e. The number of benzene rings is 2. The van der Waals surface area contributed by atoms with Gasteiger partial charge in [-0.25, -0.2) is 0 Å². The van der Waals surface area contributed by atoms with Gasteiger partial charge in [0, 0.05) is 30.7 Å². The molecule has 2 amide bonds. The molecule has 26 heavy (non-hydrogen) atoms. The van der Waals surface area contributed by atoms with Gasteiger partial charge in [-0.3, -0.25) is 14.5 Å². The van der Waals surface area contributed by atoms with Crippen molar-refractivity contribution in [3.05, 3.63) is 70.2 Å². The average Bonchev–Trinajstić information content (AvgIpc) is 2.63. The molecule has 2 aromatic rings. The van der Waals surface area contributed by atoms with Gasteiger partial charge < -0.3 is 10.6 Å². The zero-order valence-electron chi connectivity index (χ0n) is 15.1. The van der Waals surface area contributed by atoms with E-state index in [2.05, 4.69) is 10.6 Å². The molecule has 138 valence electrons. The molecule has 6 heteroatoms. The van der Waals surface area contributed by atoms with E-state index in [1.165, 1.54) is 0 Å². The second-order valence-corrected chi connectivity index (χ2v) is 6.61. The molecule has 2 N–H and O–H groups in total. The first-order valence-electron chi connectivity index (χ1n) is 8.48. The van der Waals surface area contributed by atoms with Gasteiger partial charge >= 0.3 is 0 Å². The summed E-state index contributed by atoms with van der Waals surface area (Å²) in [5.74, 6) is -0.117. The lowest BCUT2D eigenvalue weighted by Gasteiger charge is -2.16. The third-order valence-electron chi connectivity index (χ3n) is 3.96. The van der Waals surface area contributed by atoms with Crippen molar-refractivity contribution in [1.29, 1.82) is 0 Å². The first-order chi connectivity index (χ1) is 12.5. The minimum Gasteiger partial charge on any atom is -0.355 e. The monoisotopic (exact) mass is 373 g/mol. The molecule has 5 nitrogen and oxygen atoms in total. The molecule has 2 rings (SSSR count). The number of likely N-dealkylation sites (N-methyl/N-ethyl adjacent to an activating group) is 1. The molecule has 0 aliphatic heterocycles. The molecule has 2 aromatic carbocycles. The fourth-order valence-electron chi connectivity index (χ4n) is 2.57. The van der Waals surface area contributed by atoms with E-state index in [9.17, 15) is 9.59 Å². The van der Waals surface area contributed by atoms with Gasteiger partial charge in [-0.2, -0.15) is 0 Å². The van der Waals surface area contributed by atoms with Gasteiger partial charge in [0.25, 0.3) is 5.91 Å². The van der Waals surface area contributed by atoms with E-state index in [-0.39, 0.29) is 11.8 Å². The van der Waals surface area contributed by atoms with Crippen molar-refractivity contribution in [1.82, 2.24) is 15.5 Å². The number of carbonyl (C=O) groups excluding carboxylic acids is 2. The van der Waals surface area contributed by atoms with Crippen molar-refractivity contribution in [3.8, 4) is 0 Å². The molecule has 0 aliphatic carbocycles. The van der Waals surface area contributed by atoms with Crippen molar-refractivity contribution in [2.75, 3.05) is 27.2 Å². The number of nitrogens with zero attached hydrogens (tertiary/aromatic N) is 1. The van der Waals surface area contributed by atoms with Crippen LogP contribution in [-0.4, -0.2) is 43.9 Å². The minimum absolute atomic E-state index is 0.0107. The number of hydrogen-bond donors (Lipinski definition) is 2. The topological polar surface area (TPSA) is 61.4 Å². The zero-order chi connectivity index (χ0) is 18.9. The van der Waals surface area contributed by atoms with E-state index in [4.69, 9.17) is 11.6 Å². The van der Waals surface area contributed by atoms with Crippen molar-refractivity contribution >= 4 is 23.4 Å². The summed E-state index contributed by atoms with van der Waals surface area (Å²) in [5.41, 5.74) is 2.81. The van der Waals surface area contributed by atoms with Gasteiger partial charge in [0.15, 0.2) is 0 Å². The third kappa shape index (κ3) is 6.50. The molecule has 0 unspecified atom stereocenters. The first kappa shape index (κ1) is 19.9. The van der Waals surface area contributed by atoms with Gasteiger partial charge in [0.05, 0.1) is 6.54 Å². The SMILES string of the molecule is CNC(=O)c1ccc(CN(C)CC(=O)NCCc2ccc(Cl)cc2)cc1. The molecule has 0 atom stereocenters. The number of carbonyl (C=O) groups is 2. The Labute approximate surface area is 159 Å². The van der Waals surface area contributed by atoms with Crippen LogP contribution in [0.3, 0.4) is 0 Å². The first-order valence-corrected chi connectivity index (χ1v) is 8.86. The van der Waals surface area contributed by atoms with Crippen LogP contribution in [0.5, 0.6) is 0 Å². The normalized spacial score (nSPS) is 10.6. The lowest BCUT2D eigenvalue weighted by Crippen LogP contribution is -2.35. The summed E-state index contributed by atoms with van der Waals surface area (Å²) in [6, 6.07) is 15.0. The highest BCUT2D eigenvalue weighted by atomic mass is 35.5. The Balaban J connectivity index is 1.72. The van der Waals surface area contributed by atoms with Crippen LogP contribution in [0.1, 0.15) is 21.5 Å². The molecule has 0 heterocycles. The molecule has 0 spiro atoms. The summed E-state index contributed by atoms with van der Waals surface area (Å²) >= 11 is 5.86. The lowest BCUT2D eigenvalue weighted by molar-refractivity contribution is -0.122. The van der Waals surface area contributed by atoms with Gasteiger partial charge in [-0.1, -0.05) is 35.9 Å². The molecule has 0 saturated heterocycles. The van der Waals surface area contributed by atoms with Crippen LogP contribution >= 0.6 is 11.6 Å². The van der Waals surface area contributed by atoms with Crippen LogP contribution in [0, 0.1) is 0 Å². The predicted octanol–water partition coefficient (Wildman–Crippen LogP) is 2.49. The second-order valence-electron chi connectivity index (χ2n) is 6.17. The zero-order valence-corrected chi connectivity index (χ0v) is 15.8. The quantitative estimate of drug-likeness (QED) is 0.747. The van der Waals surface area contributed by atoms with E-state index >= 15 is 0 Å². The molecule has 0 radical (unpaired) electrons. The molecule has 0 aliphatic rings. The summed E-state index contributed by atoms with van der Waals surface area (Å²) in [7, 11) is 3.50. The van der Waals surface area contributed by atoms with Crippen LogP contribution in [0.15, 0.2) is 48.5 Å². The molecule has 0 bridgehead atoms. The number of hydrogen-bond acceptors (Lipinski definition) is 3. The van der Waals surface area contributed by atoms with Crippen LogP contribution in [0.25, 0.3) is 0 Å². The number of amides is 2. The Kier molecular flexibility index (Phi) is 7.63. The highest BCUT2D eigenvalue weighted by molar-refractivity contribution is 6.30. The van der Waals surface area contributed by atoms with Crippen molar-refractivity contribution in [2.45, 2.75) is 13.0 Å². The van der Waals surface area contributed by atoms with Crippen LogP contribution < -0.4 is 10.6 Å². The smallest absolute Gasteiger partial charge is 0.251 e. The van der Waals surface area contributed by atoms with Gasteiger partial charge in [0.1, 0.15) is 0 Å². The van der Waals surface area contributed by atoms with Gasteiger partial charge in [-0.05, 0) is 48.9 Å². The molecule has 0 aromatic heterocycles.